The van der Waals surface area contributed by atoms with Crippen LogP contribution in [-0.4, -0.2) is 19.7 Å². The molecule has 24 heavy (non-hydrogen) atoms. The molecular formula is C18H18FN5. The second-order valence-electron chi connectivity index (χ2n) is 6.05. The summed E-state index contributed by atoms with van der Waals surface area (Å²) in [6.07, 6.45) is 6.80. The van der Waals surface area contributed by atoms with Crippen LogP contribution >= 0.6 is 0 Å². The van der Waals surface area contributed by atoms with Gasteiger partial charge in [-0.15, -0.1) is 0 Å². The van der Waals surface area contributed by atoms with Gasteiger partial charge in [-0.25, -0.2) is 4.39 Å². The van der Waals surface area contributed by atoms with Crippen LogP contribution in [0.4, 0.5) is 10.1 Å². The Morgan fingerprint density at radius 2 is 2.04 bits per heavy atom. The van der Waals surface area contributed by atoms with Crippen molar-refractivity contribution in [3.05, 3.63) is 59.6 Å². The van der Waals surface area contributed by atoms with Crippen LogP contribution in [0.1, 0.15) is 23.7 Å². The van der Waals surface area contributed by atoms with E-state index in [0.717, 1.165) is 36.7 Å². The van der Waals surface area contributed by atoms with E-state index >= 15 is 0 Å². The molecule has 1 aliphatic heterocycles. The minimum absolute atomic E-state index is 0.346. The summed E-state index contributed by atoms with van der Waals surface area (Å²) in [7, 11) is 0. The van der Waals surface area contributed by atoms with Crippen LogP contribution in [0.25, 0.3) is 11.3 Å². The Kier molecular flexibility index (Phi) is 3.52. The molecule has 5 nitrogen and oxygen atoms in total. The van der Waals surface area contributed by atoms with Gasteiger partial charge in [-0.3, -0.25) is 14.6 Å². The van der Waals surface area contributed by atoms with E-state index in [1.807, 2.05) is 16.9 Å². The van der Waals surface area contributed by atoms with Crippen molar-refractivity contribution in [1.82, 2.24) is 19.7 Å². The Morgan fingerprint density at radius 3 is 2.79 bits per heavy atom. The lowest BCUT2D eigenvalue weighted by Gasteiger charge is -2.14. The van der Waals surface area contributed by atoms with E-state index in [1.165, 1.54) is 23.4 Å². The first-order valence-corrected chi connectivity index (χ1v) is 8.01. The molecule has 4 rings (SSSR count). The minimum atomic E-state index is -0.346. The van der Waals surface area contributed by atoms with Crippen molar-refractivity contribution in [2.45, 2.75) is 33.5 Å². The van der Waals surface area contributed by atoms with Gasteiger partial charge in [0.2, 0.25) is 0 Å². The smallest absolute Gasteiger partial charge is 0.142 e. The molecule has 0 radical (unpaired) electrons. The zero-order chi connectivity index (χ0) is 16.7. The molecule has 3 aromatic heterocycles. The van der Waals surface area contributed by atoms with Crippen LogP contribution in [0.5, 0.6) is 0 Å². The van der Waals surface area contributed by atoms with Crippen molar-refractivity contribution in [2.75, 3.05) is 4.90 Å². The van der Waals surface area contributed by atoms with Crippen molar-refractivity contribution >= 4 is 5.69 Å². The van der Waals surface area contributed by atoms with Crippen LogP contribution < -0.4 is 4.90 Å². The van der Waals surface area contributed by atoms with Gasteiger partial charge in [0, 0.05) is 31.0 Å². The average Bonchev–Trinajstić information content (AvgIpc) is 3.21. The number of hydrogen-bond donors (Lipinski definition) is 0. The number of anilines is 1. The van der Waals surface area contributed by atoms with E-state index in [9.17, 15) is 4.39 Å². The summed E-state index contributed by atoms with van der Waals surface area (Å²) >= 11 is 0. The van der Waals surface area contributed by atoms with Crippen molar-refractivity contribution in [3.63, 3.8) is 0 Å². The van der Waals surface area contributed by atoms with Gasteiger partial charge in [0.1, 0.15) is 5.82 Å². The van der Waals surface area contributed by atoms with Crippen LogP contribution in [-0.2, 0) is 19.6 Å². The largest absolute Gasteiger partial charge is 0.359 e. The molecule has 0 bridgehead atoms. The lowest BCUT2D eigenvalue weighted by molar-refractivity contribution is 0.622. The van der Waals surface area contributed by atoms with E-state index in [-0.39, 0.29) is 5.82 Å². The van der Waals surface area contributed by atoms with Gasteiger partial charge in [0.25, 0.3) is 0 Å². The Bertz CT molecular complexity index is 902. The number of aryl methyl sites for hydroxylation is 2. The second kappa shape index (κ2) is 5.70. The highest BCUT2D eigenvalue weighted by molar-refractivity contribution is 5.61. The van der Waals surface area contributed by atoms with Crippen LogP contribution in [0.15, 0.2) is 36.9 Å². The molecule has 6 heteroatoms. The Morgan fingerprint density at radius 1 is 1.17 bits per heavy atom. The number of halogens is 1. The first kappa shape index (κ1) is 14.8. The average molecular weight is 323 g/mol. The maximum atomic E-state index is 13.4. The highest BCUT2D eigenvalue weighted by Crippen LogP contribution is 2.31. The molecule has 0 amide bonds. The van der Waals surface area contributed by atoms with Crippen molar-refractivity contribution in [1.29, 1.82) is 0 Å². The lowest BCUT2D eigenvalue weighted by atomic mass is 10.1. The van der Waals surface area contributed by atoms with E-state index in [2.05, 4.69) is 35.0 Å². The van der Waals surface area contributed by atoms with Crippen LogP contribution in [0.2, 0.25) is 0 Å². The molecule has 0 N–H and O–H groups in total. The molecule has 0 saturated carbocycles. The van der Waals surface area contributed by atoms with Crippen molar-refractivity contribution < 1.29 is 4.39 Å². The second-order valence-corrected chi connectivity index (χ2v) is 6.05. The van der Waals surface area contributed by atoms with Gasteiger partial charge in [-0.05, 0) is 37.1 Å². The normalized spacial score (nSPS) is 13.4. The fraction of sp³-hybridized carbons (Fsp3) is 0.278. The van der Waals surface area contributed by atoms with Gasteiger partial charge < -0.3 is 4.90 Å². The Hall–Kier alpha value is -2.76. The zero-order valence-corrected chi connectivity index (χ0v) is 13.7. The standard InChI is InChI=1S/C18H18FN5/c1-3-24-9-15(8-21-24)23-10-16-12(2)4-17(22-18(16)11-23)13-5-14(19)7-20-6-13/h4-9H,3,10-11H2,1-2H3. The fourth-order valence-electron chi connectivity index (χ4n) is 3.11. The number of fused-ring (bicyclic) bond motifs is 1. The van der Waals surface area contributed by atoms with E-state index in [1.54, 1.807) is 6.20 Å². The van der Waals surface area contributed by atoms with E-state index < -0.39 is 0 Å². The van der Waals surface area contributed by atoms with E-state index in [0.29, 0.717) is 5.56 Å². The molecule has 0 aliphatic carbocycles. The molecule has 4 heterocycles. The van der Waals surface area contributed by atoms with Gasteiger partial charge in [-0.2, -0.15) is 5.10 Å². The topological polar surface area (TPSA) is 46.8 Å². The third-order valence-corrected chi connectivity index (χ3v) is 4.43. The lowest BCUT2D eigenvalue weighted by Crippen LogP contribution is -2.13. The molecule has 0 atom stereocenters. The van der Waals surface area contributed by atoms with Gasteiger partial charge in [0.15, 0.2) is 0 Å². The Balaban J connectivity index is 1.67. The molecule has 0 aromatic carbocycles. The quantitative estimate of drug-likeness (QED) is 0.742. The van der Waals surface area contributed by atoms with Gasteiger partial charge in [0.05, 0.1) is 36.0 Å². The predicted octanol–water partition coefficient (Wildman–Crippen LogP) is 3.33. The summed E-state index contributed by atoms with van der Waals surface area (Å²) in [5, 5.41) is 4.34. The SMILES string of the molecule is CCn1cc(N2Cc3nc(-c4cncc(F)c4)cc(C)c3C2)cn1. The number of hydrogen-bond acceptors (Lipinski definition) is 4. The van der Waals surface area contributed by atoms with Gasteiger partial charge >= 0.3 is 0 Å². The highest BCUT2D eigenvalue weighted by Gasteiger charge is 2.24. The Labute approximate surface area is 139 Å². The first-order chi connectivity index (χ1) is 11.6. The first-order valence-electron chi connectivity index (χ1n) is 8.01. The zero-order valence-electron chi connectivity index (χ0n) is 13.7. The molecule has 3 aromatic rings. The van der Waals surface area contributed by atoms with Crippen molar-refractivity contribution in [2.24, 2.45) is 0 Å². The molecule has 0 unspecified atom stereocenters. The third-order valence-electron chi connectivity index (χ3n) is 4.43. The third kappa shape index (κ3) is 2.54. The molecule has 0 saturated heterocycles. The maximum Gasteiger partial charge on any atom is 0.142 e. The van der Waals surface area contributed by atoms with Crippen LogP contribution in [0, 0.1) is 12.7 Å². The highest BCUT2D eigenvalue weighted by atomic mass is 19.1. The molecule has 1 aliphatic rings. The minimum Gasteiger partial charge on any atom is -0.359 e. The summed E-state index contributed by atoms with van der Waals surface area (Å²) in [6.45, 7) is 6.57. The molecular weight excluding hydrogens is 305 g/mol. The maximum absolute atomic E-state index is 13.4. The van der Waals surface area contributed by atoms with E-state index in [4.69, 9.17) is 4.98 Å². The van der Waals surface area contributed by atoms with Gasteiger partial charge in [-0.1, -0.05) is 0 Å². The summed E-state index contributed by atoms with van der Waals surface area (Å²) in [4.78, 5) is 10.9. The summed E-state index contributed by atoms with van der Waals surface area (Å²) < 4.78 is 15.4. The number of rotatable bonds is 3. The number of nitrogens with zero attached hydrogens (tertiary/aromatic N) is 5. The monoisotopic (exact) mass is 323 g/mol. The summed E-state index contributed by atoms with van der Waals surface area (Å²) in [5.74, 6) is -0.346. The number of pyridine rings is 2. The fourth-order valence-corrected chi connectivity index (χ4v) is 3.11. The summed E-state index contributed by atoms with van der Waals surface area (Å²) in [5.41, 5.74) is 6.03. The van der Waals surface area contributed by atoms with Crippen molar-refractivity contribution in [3.8, 4) is 11.3 Å². The summed E-state index contributed by atoms with van der Waals surface area (Å²) in [6, 6.07) is 3.48. The van der Waals surface area contributed by atoms with Crippen LogP contribution in [0.3, 0.4) is 0 Å². The molecule has 0 spiro atoms. The molecule has 122 valence electrons. The predicted molar refractivity (Wildman–Crippen MR) is 90.0 cm³/mol. The number of aromatic nitrogens is 4. The molecule has 0 fully saturated rings.